The summed E-state index contributed by atoms with van der Waals surface area (Å²) in [6, 6.07) is 10.8. The Bertz CT molecular complexity index is 465. The van der Waals surface area contributed by atoms with E-state index in [0.29, 0.717) is 0 Å². The second kappa shape index (κ2) is 6.58. The van der Waals surface area contributed by atoms with Crippen molar-refractivity contribution < 1.29 is 9.53 Å². The monoisotopic (exact) mass is 288 g/mol. The van der Waals surface area contributed by atoms with Gasteiger partial charge in [-0.3, -0.25) is 14.6 Å². The predicted molar refractivity (Wildman–Crippen MR) is 82.2 cm³/mol. The van der Waals surface area contributed by atoms with Gasteiger partial charge < -0.3 is 4.74 Å². The molecule has 1 aliphatic carbocycles. The van der Waals surface area contributed by atoms with Crippen LogP contribution in [0.3, 0.4) is 0 Å². The zero-order valence-corrected chi connectivity index (χ0v) is 12.7. The Balaban J connectivity index is 1.61. The van der Waals surface area contributed by atoms with Gasteiger partial charge in [0.25, 0.3) is 0 Å². The third kappa shape index (κ3) is 3.63. The molecule has 2 aliphatic rings. The largest absolute Gasteiger partial charge is 0.469 e. The molecule has 0 aromatic heterocycles. The van der Waals surface area contributed by atoms with Crippen molar-refractivity contribution in [1.29, 1.82) is 0 Å². The van der Waals surface area contributed by atoms with Gasteiger partial charge in [-0.2, -0.15) is 0 Å². The van der Waals surface area contributed by atoms with Gasteiger partial charge in [-0.25, -0.2) is 0 Å². The van der Waals surface area contributed by atoms with Gasteiger partial charge in [-0.1, -0.05) is 30.3 Å². The summed E-state index contributed by atoms with van der Waals surface area (Å²) in [5.74, 6) is -0.311. The van der Waals surface area contributed by atoms with Crippen LogP contribution in [-0.4, -0.2) is 61.6 Å². The number of hydrogen-bond acceptors (Lipinski definition) is 4. The van der Waals surface area contributed by atoms with Gasteiger partial charge in [-0.15, -0.1) is 0 Å². The van der Waals surface area contributed by atoms with Crippen LogP contribution in [0.25, 0.3) is 0 Å². The Morgan fingerprint density at radius 1 is 1.19 bits per heavy atom. The highest BCUT2D eigenvalue weighted by molar-refractivity contribution is 5.78. The maximum absolute atomic E-state index is 12.1. The van der Waals surface area contributed by atoms with E-state index in [2.05, 4.69) is 9.80 Å². The van der Waals surface area contributed by atoms with Crippen LogP contribution in [0.15, 0.2) is 30.3 Å². The van der Waals surface area contributed by atoms with Crippen molar-refractivity contribution in [3.05, 3.63) is 35.9 Å². The smallest absolute Gasteiger partial charge is 0.314 e. The van der Waals surface area contributed by atoms with E-state index in [9.17, 15) is 4.79 Å². The van der Waals surface area contributed by atoms with Gasteiger partial charge in [0.1, 0.15) is 0 Å². The van der Waals surface area contributed by atoms with Crippen LogP contribution < -0.4 is 0 Å². The number of ether oxygens (including phenoxy) is 1. The van der Waals surface area contributed by atoms with Crippen molar-refractivity contribution in [1.82, 2.24) is 9.80 Å². The number of methoxy groups -OCH3 is 1. The summed E-state index contributed by atoms with van der Waals surface area (Å²) in [7, 11) is 1.48. The van der Waals surface area contributed by atoms with Gasteiger partial charge in [0.05, 0.1) is 13.0 Å². The molecule has 4 nitrogen and oxygen atoms in total. The first kappa shape index (κ1) is 14.5. The minimum absolute atomic E-state index is 0.133. The van der Waals surface area contributed by atoms with Crippen molar-refractivity contribution in [2.75, 3.05) is 39.8 Å². The van der Waals surface area contributed by atoms with Crippen molar-refractivity contribution >= 4 is 5.97 Å². The van der Waals surface area contributed by atoms with E-state index < -0.39 is 0 Å². The fourth-order valence-corrected chi connectivity index (χ4v) is 3.15. The normalized spacial score (nSPS) is 22.0. The van der Waals surface area contributed by atoms with Crippen molar-refractivity contribution in [2.45, 2.75) is 24.8 Å². The molecule has 1 aliphatic heterocycles. The Labute approximate surface area is 126 Å². The predicted octanol–water partition coefficient (Wildman–Crippen LogP) is 1.72. The van der Waals surface area contributed by atoms with Crippen LogP contribution in [0.5, 0.6) is 0 Å². The van der Waals surface area contributed by atoms with E-state index in [-0.39, 0.29) is 11.9 Å². The average Bonchev–Trinajstić information content (AvgIpc) is 3.38. The van der Waals surface area contributed by atoms with Gasteiger partial charge >= 0.3 is 5.97 Å². The number of piperazine rings is 1. The quantitative estimate of drug-likeness (QED) is 0.773. The van der Waals surface area contributed by atoms with Crippen LogP contribution in [0.1, 0.15) is 24.3 Å². The summed E-state index contributed by atoms with van der Waals surface area (Å²) in [4.78, 5) is 17.1. The summed E-state index contributed by atoms with van der Waals surface area (Å²) in [5, 5.41) is 0. The molecule has 0 bridgehead atoms. The number of carbonyl (C=O) groups excluding carboxylic acids is 1. The molecule has 1 unspecified atom stereocenters. The maximum Gasteiger partial charge on any atom is 0.314 e. The lowest BCUT2D eigenvalue weighted by Crippen LogP contribution is -2.48. The number of rotatable bonds is 5. The summed E-state index contributed by atoms with van der Waals surface area (Å²) in [6.07, 6.45) is 2.74. The zero-order chi connectivity index (χ0) is 14.7. The molecule has 114 valence electrons. The second-order valence-electron chi connectivity index (χ2n) is 6.05. The number of carbonyl (C=O) groups is 1. The van der Waals surface area contributed by atoms with Gasteiger partial charge in [0.2, 0.25) is 0 Å². The SMILES string of the molecule is COC(=O)C(CN1CCN(C2CC2)CC1)c1ccccc1. The number of hydrogen-bond donors (Lipinski definition) is 0. The topological polar surface area (TPSA) is 32.8 Å². The first-order chi connectivity index (χ1) is 10.3. The van der Waals surface area contributed by atoms with Crippen LogP contribution in [-0.2, 0) is 9.53 Å². The lowest BCUT2D eigenvalue weighted by atomic mass is 9.98. The standard InChI is InChI=1S/C17H24N2O2/c1-21-17(20)16(14-5-3-2-4-6-14)13-18-9-11-19(12-10-18)15-7-8-15/h2-6,15-16H,7-13H2,1H3. The number of nitrogens with zero attached hydrogens (tertiary/aromatic N) is 2. The summed E-state index contributed by atoms with van der Waals surface area (Å²) >= 11 is 0. The molecule has 0 amide bonds. The molecule has 2 fully saturated rings. The van der Waals surface area contributed by atoms with E-state index in [0.717, 1.165) is 44.3 Å². The molecule has 4 heteroatoms. The summed E-state index contributed by atoms with van der Waals surface area (Å²) in [6.45, 7) is 5.13. The highest BCUT2D eigenvalue weighted by atomic mass is 16.5. The molecular weight excluding hydrogens is 264 g/mol. The van der Waals surface area contributed by atoms with E-state index in [4.69, 9.17) is 4.74 Å². The molecule has 0 spiro atoms. The Kier molecular flexibility index (Phi) is 4.56. The lowest BCUT2D eigenvalue weighted by molar-refractivity contribution is -0.143. The van der Waals surface area contributed by atoms with E-state index in [1.165, 1.54) is 20.0 Å². The number of esters is 1. The van der Waals surface area contributed by atoms with Crippen molar-refractivity contribution in [3.8, 4) is 0 Å². The first-order valence-corrected chi connectivity index (χ1v) is 7.87. The highest BCUT2D eigenvalue weighted by Crippen LogP contribution is 2.28. The molecule has 1 atom stereocenters. The van der Waals surface area contributed by atoms with Gasteiger partial charge in [0.15, 0.2) is 0 Å². The lowest BCUT2D eigenvalue weighted by Gasteiger charge is -2.36. The number of benzene rings is 1. The fourth-order valence-electron chi connectivity index (χ4n) is 3.15. The molecule has 1 aromatic rings. The minimum atomic E-state index is -0.177. The zero-order valence-electron chi connectivity index (χ0n) is 12.7. The Hall–Kier alpha value is -1.39. The fraction of sp³-hybridized carbons (Fsp3) is 0.588. The Morgan fingerprint density at radius 3 is 2.43 bits per heavy atom. The molecule has 1 saturated heterocycles. The summed E-state index contributed by atoms with van der Waals surface area (Å²) in [5.41, 5.74) is 1.05. The molecule has 1 aromatic carbocycles. The van der Waals surface area contributed by atoms with Crippen LogP contribution >= 0.6 is 0 Å². The van der Waals surface area contributed by atoms with E-state index in [1.54, 1.807) is 0 Å². The minimum Gasteiger partial charge on any atom is -0.469 e. The van der Waals surface area contributed by atoms with E-state index in [1.807, 2.05) is 30.3 Å². The molecule has 0 radical (unpaired) electrons. The third-order valence-corrected chi connectivity index (χ3v) is 4.60. The van der Waals surface area contributed by atoms with Gasteiger partial charge in [0, 0.05) is 38.8 Å². The Morgan fingerprint density at radius 2 is 1.86 bits per heavy atom. The van der Waals surface area contributed by atoms with E-state index >= 15 is 0 Å². The summed E-state index contributed by atoms with van der Waals surface area (Å²) < 4.78 is 5.00. The second-order valence-corrected chi connectivity index (χ2v) is 6.05. The first-order valence-electron chi connectivity index (χ1n) is 7.87. The third-order valence-electron chi connectivity index (χ3n) is 4.60. The average molecular weight is 288 g/mol. The molecule has 1 heterocycles. The molecule has 0 N–H and O–H groups in total. The van der Waals surface area contributed by atoms with Crippen LogP contribution in [0, 0.1) is 0 Å². The van der Waals surface area contributed by atoms with Crippen molar-refractivity contribution in [3.63, 3.8) is 0 Å². The van der Waals surface area contributed by atoms with Crippen LogP contribution in [0.4, 0.5) is 0 Å². The maximum atomic E-state index is 12.1. The van der Waals surface area contributed by atoms with Gasteiger partial charge in [-0.05, 0) is 18.4 Å². The molecule has 3 rings (SSSR count). The molecular formula is C17H24N2O2. The molecule has 21 heavy (non-hydrogen) atoms. The van der Waals surface area contributed by atoms with Crippen molar-refractivity contribution in [2.24, 2.45) is 0 Å². The van der Waals surface area contributed by atoms with Crippen LogP contribution in [0.2, 0.25) is 0 Å². The highest BCUT2D eigenvalue weighted by Gasteiger charge is 2.32. The molecule has 1 saturated carbocycles.